The van der Waals surface area contributed by atoms with Crippen LogP contribution < -0.4 is 15.2 Å². The van der Waals surface area contributed by atoms with Gasteiger partial charge in [-0.3, -0.25) is 4.79 Å². The number of H-pyrrole nitrogens is 1. The SMILES string of the molecule is COc1cc(NC(=O)c2cc[nH]c2)ccc1S(N)(=O)=O. The Bertz CT molecular complexity index is 723. The van der Waals surface area contributed by atoms with E-state index in [-0.39, 0.29) is 16.6 Å². The standard InChI is InChI=1S/C12H13N3O4S/c1-19-10-6-9(2-3-11(10)20(13,17)18)15-12(16)8-4-5-14-7-8/h2-7,14H,1H3,(H,15,16)(H2,13,17,18). The molecule has 0 aliphatic carbocycles. The van der Waals surface area contributed by atoms with Gasteiger partial charge in [0.05, 0.1) is 12.7 Å². The number of carbonyl (C=O) groups is 1. The summed E-state index contributed by atoms with van der Waals surface area (Å²) >= 11 is 0. The van der Waals surface area contributed by atoms with Gasteiger partial charge in [-0.15, -0.1) is 0 Å². The molecule has 8 heteroatoms. The van der Waals surface area contributed by atoms with Crippen LogP contribution in [0.15, 0.2) is 41.6 Å². The summed E-state index contributed by atoms with van der Waals surface area (Å²) in [6.45, 7) is 0. The summed E-state index contributed by atoms with van der Waals surface area (Å²) < 4.78 is 27.6. The van der Waals surface area contributed by atoms with E-state index >= 15 is 0 Å². The lowest BCUT2D eigenvalue weighted by Crippen LogP contribution is -2.15. The summed E-state index contributed by atoms with van der Waals surface area (Å²) in [4.78, 5) is 14.5. The summed E-state index contributed by atoms with van der Waals surface area (Å²) in [5, 5.41) is 7.69. The minimum atomic E-state index is -3.88. The number of ether oxygens (including phenoxy) is 1. The van der Waals surface area contributed by atoms with Crippen molar-refractivity contribution in [2.45, 2.75) is 4.90 Å². The first kappa shape index (κ1) is 14.1. The van der Waals surface area contributed by atoms with Crippen LogP contribution in [0.3, 0.4) is 0 Å². The van der Waals surface area contributed by atoms with Crippen LogP contribution in [0.5, 0.6) is 5.75 Å². The molecule has 4 N–H and O–H groups in total. The van der Waals surface area contributed by atoms with Gasteiger partial charge in [0.25, 0.3) is 5.91 Å². The number of hydrogen-bond donors (Lipinski definition) is 3. The van der Waals surface area contributed by atoms with Crippen molar-refractivity contribution in [1.29, 1.82) is 0 Å². The van der Waals surface area contributed by atoms with E-state index in [9.17, 15) is 13.2 Å². The van der Waals surface area contributed by atoms with Crippen LogP contribution in [0, 0.1) is 0 Å². The third-order valence-electron chi connectivity index (χ3n) is 2.59. The van der Waals surface area contributed by atoms with Crippen LogP contribution in [0.2, 0.25) is 0 Å². The fourth-order valence-electron chi connectivity index (χ4n) is 1.65. The number of anilines is 1. The normalized spacial score (nSPS) is 11.1. The minimum absolute atomic E-state index is 0.0689. The van der Waals surface area contributed by atoms with Gasteiger partial charge in [0.2, 0.25) is 10.0 Å². The molecule has 0 spiro atoms. The number of aromatic nitrogens is 1. The minimum Gasteiger partial charge on any atom is -0.495 e. The molecule has 1 amide bonds. The van der Waals surface area contributed by atoms with Gasteiger partial charge in [0, 0.05) is 24.1 Å². The Labute approximate surface area is 115 Å². The molecular weight excluding hydrogens is 282 g/mol. The second kappa shape index (κ2) is 5.35. The first-order valence-electron chi connectivity index (χ1n) is 5.57. The summed E-state index contributed by atoms with van der Waals surface area (Å²) in [6, 6.07) is 5.73. The van der Waals surface area contributed by atoms with Crippen molar-refractivity contribution in [3.05, 3.63) is 42.2 Å². The molecule has 1 heterocycles. The van der Waals surface area contributed by atoms with Crippen molar-refractivity contribution in [3.8, 4) is 5.75 Å². The molecule has 0 fully saturated rings. The Hall–Kier alpha value is -2.32. The maximum atomic E-state index is 11.8. The van der Waals surface area contributed by atoms with Crippen molar-refractivity contribution in [3.63, 3.8) is 0 Å². The number of carbonyl (C=O) groups excluding carboxylic acids is 1. The largest absolute Gasteiger partial charge is 0.495 e. The molecule has 0 saturated carbocycles. The summed E-state index contributed by atoms with van der Waals surface area (Å²) in [5.41, 5.74) is 0.861. The highest BCUT2D eigenvalue weighted by molar-refractivity contribution is 7.89. The summed E-state index contributed by atoms with van der Waals surface area (Å²) in [6.07, 6.45) is 3.17. The zero-order chi connectivity index (χ0) is 14.8. The fourth-order valence-corrected chi connectivity index (χ4v) is 2.33. The molecular formula is C12H13N3O4S. The monoisotopic (exact) mass is 295 g/mol. The smallest absolute Gasteiger partial charge is 0.257 e. The lowest BCUT2D eigenvalue weighted by Gasteiger charge is -2.09. The molecule has 1 aromatic heterocycles. The van der Waals surface area contributed by atoms with Gasteiger partial charge < -0.3 is 15.0 Å². The molecule has 0 atom stereocenters. The quantitative estimate of drug-likeness (QED) is 0.778. The third kappa shape index (κ3) is 2.98. The number of methoxy groups -OCH3 is 1. The maximum Gasteiger partial charge on any atom is 0.257 e. The second-order valence-corrected chi connectivity index (χ2v) is 5.49. The number of hydrogen-bond acceptors (Lipinski definition) is 4. The van der Waals surface area contributed by atoms with Gasteiger partial charge in [-0.25, -0.2) is 13.6 Å². The zero-order valence-electron chi connectivity index (χ0n) is 10.6. The molecule has 7 nitrogen and oxygen atoms in total. The molecule has 0 bridgehead atoms. The summed E-state index contributed by atoms with van der Waals surface area (Å²) in [5.74, 6) is -0.254. The van der Waals surface area contributed by atoms with E-state index in [2.05, 4.69) is 10.3 Å². The van der Waals surface area contributed by atoms with Gasteiger partial charge in [-0.2, -0.15) is 0 Å². The maximum absolute atomic E-state index is 11.8. The Balaban J connectivity index is 2.29. The van der Waals surface area contributed by atoms with Gasteiger partial charge in [0.15, 0.2) is 0 Å². The van der Waals surface area contributed by atoms with E-state index in [1.54, 1.807) is 18.5 Å². The molecule has 0 radical (unpaired) electrons. The average Bonchev–Trinajstić information content (AvgIpc) is 2.91. The molecule has 2 rings (SSSR count). The lowest BCUT2D eigenvalue weighted by molar-refractivity contribution is 0.102. The lowest BCUT2D eigenvalue weighted by atomic mass is 10.2. The summed E-state index contributed by atoms with van der Waals surface area (Å²) in [7, 11) is -2.56. The average molecular weight is 295 g/mol. The number of benzene rings is 1. The number of rotatable bonds is 4. The molecule has 1 aromatic carbocycles. The van der Waals surface area contributed by atoms with Crippen LogP contribution in [0.4, 0.5) is 5.69 Å². The molecule has 0 aliphatic rings. The molecule has 106 valence electrons. The Morgan fingerprint density at radius 3 is 2.65 bits per heavy atom. The van der Waals surface area contributed by atoms with Gasteiger partial charge in [-0.1, -0.05) is 0 Å². The highest BCUT2D eigenvalue weighted by Crippen LogP contribution is 2.26. The Kier molecular flexibility index (Phi) is 3.77. The number of nitrogens with one attached hydrogen (secondary N) is 2. The van der Waals surface area contributed by atoms with E-state index in [1.807, 2.05) is 0 Å². The van der Waals surface area contributed by atoms with Crippen LogP contribution in [0.25, 0.3) is 0 Å². The van der Waals surface area contributed by atoms with Crippen molar-refractivity contribution < 1.29 is 17.9 Å². The topological polar surface area (TPSA) is 114 Å². The molecule has 20 heavy (non-hydrogen) atoms. The van der Waals surface area contributed by atoms with Gasteiger partial charge in [-0.05, 0) is 18.2 Å². The van der Waals surface area contributed by atoms with Crippen molar-refractivity contribution in [2.75, 3.05) is 12.4 Å². The first-order chi connectivity index (χ1) is 9.41. The fraction of sp³-hybridized carbons (Fsp3) is 0.0833. The predicted molar refractivity (Wildman–Crippen MR) is 73.1 cm³/mol. The van der Waals surface area contributed by atoms with E-state index in [4.69, 9.17) is 9.88 Å². The zero-order valence-corrected chi connectivity index (χ0v) is 11.4. The van der Waals surface area contributed by atoms with Crippen LogP contribution in [-0.2, 0) is 10.0 Å². The van der Waals surface area contributed by atoms with Crippen LogP contribution in [-0.4, -0.2) is 26.4 Å². The molecule has 0 aliphatic heterocycles. The Morgan fingerprint density at radius 2 is 2.10 bits per heavy atom. The van der Waals surface area contributed by atoms with Gasteiger partial charge in [0.1, 0.15) is 10.6 Å². The van der Waals surface area contributed by atoms with Crippen LogP contribution in [0.1, 0.15) is 10.4 Å². The first-order valence-corrected chi connectivity index (χ1v) is 7.11. The van der Waals surface area contributed by atoms with E-state index in [0.717, 1.165) is 0 Å². The van der Waals surface area contributed by atoms with E-state index < -0.39 is 10.0 Å². The van der Waals surface area contributed by atoms with E-state index in [1.165, 1.54) is 25.3 Å². The number of aromatic amines is 1. The van der Waals surface area contributed by atoms with Crippen molar-refractivity contribution in [2.24, 2.45) is 5.14 Å². The predicted octanol–water partition coefficient (Wildman–Crippen LogP) is 0.923. The highest BCUT2D eigenvalue weighted by Gasteiger charge is 2.16. The number of primary sulfonamides is 1. The third-order valence-corrected chi connectivity index (χ3v) is 3.54. The number of sulfonamides is 1. The van der Waals surface area contributed by atoms with Crippen molar-refractivity contribution in [1.82, 2.24) is 4.98 Å². The van der Waals surface area contributed by atoms with Crippen molar-refractivity contribution >= 4 is 21.6 Å². The Morgan fingerprint density at radius 1 is 1.35 bits per heavy atom. The molecule has 0 saturated heterocycles. The van der Waals surface area contributed by atoms with E-state index in [0.29, 0.717) is 11.3 Å². The highest BCUT2D eigenvalue weighted by atomic mass is 32.2. The van der Waals surface area contributed by atoms with Gasteiger partial charge >= 0.3 is 0 Å². The van der Waals surface area contributed by atoms with Crippen LogP contribution >= 0.6 is 0 Å². The molecule has 0 unspecified atom stereocenters. The second-order valence-electron chi connectivity index (χ2n) is 3.96. The number of amides is 1. The number of nitrogens with two attached hydrogens (primary N) is 1. The molecule has 2 aromatic rings.